The van der Waals surface area contributed by atoms with Crippen LogP contribution in [0.5, 0.6) is 0 Å². The molecule has 1 N–H and O–H groups in total. The van der Waals surface area contributed by atoms with E-state index in [1.165, 1.54) is 13.1 Å². The molecule has 0 bridgehead atoms. The molecule has 1 aliphatic carbocycles. The molecule has 1 aliphatic heterocycles. The zero-order chi connectivity index (χ0) is 22.3. The van der Waals surface area contributed by atoms with Crippen molar-refractivity contribution in [1.29, 1.82) is 0 Å². The fourth-order valence-electron chi connectivity index (χ4n) is 3.89. The lowest BCUT2D eigenvalue weighted by Crippen LogP contribution is -2.36. The molecule has 0 radical (unpaired) electrons. The van der Waals surface area contributed by atoms with Crippen LogP contribution >= 0.6 is 0 Å². The lowest BCUT2D eigenvalue weighted by atomic mass is 10.1. The summed E-state index contributed by atoms with van der Waals surface area (Å²) in [5.74, 6) is 0.166. The van der Waals surface area contributed by atoms with Gasteiger partial charge in [-0.3, -0.25) is 9.59 Å². The van der Waals surface area contributed by atoms with E-state index in [-0.39, 0.29) is 29.3 Å². The van der Waals surface area contributed by atoms with E-state index < -0.39 is 15.9 Å². The van der Waals surface area contributed by atoms with Gasteiger partial charge in [-0.15, -0.1) is 0 Å². The highest BCUT2D eigenvalue weighted by molar-refractivity contribution is 7.89. The predicted molar refractivity (Wildman–Crippen MR) is 117 cm³/mol. The summed E-state index contributed by atoms with van der Waals surface area (Å²) in [6, 6.07) is 8.42. The fourth-order valence-corrected chi connectivity index (χ4v) is 5.06. The molecule has 4 rings (SSSR count). The first-order valence-electron chi connectivity index (χ1n) is 10.3. The van der Waals surface area contributed by atoms with Gasteiger partial charge in [-0.1, -0.05) is 6.07 Å². The lowest BCUT2D eigenvalue weighted by molar-refractivity contribution is -0.120. The zero-order valence-corrected chi connectivity index (χ0v) is 18.6. The molecule has 9 heteroatoms. The maximum atomic E-state index is 13.1. The number of likely N-dealkylation sites (N-methyl/N-ethyl adjacent to an activating group) is 1. The summed E-state index contributed by atoms with van der Waals surface area (Å²) < 4.78 is 27.1. The summed E-state index contributed by atoms with van der Waals surface area (Å²) in [6.45, 7) is 3.45. The Hall–Kier alpha value is -2.78. The minimum atomic E-state index is -3.87. The Bertz CT molecular complexity index is 1140. The molecule has 2 amide bonds. The highest BCUT2D eigenvalue weighted by Crippen LogP contribution is 2.39. The van der Waals surface area contributed by atoms with Crippen molar-refractivity contribution in [3.8, 4) is 0 Å². The van der Waals surface area contributed by atoms with Crippen LogP contribution < -0.4 is 10.2 Å². The Morgan fingerprint density at radius 1 is 1.26 bits per heavy atom. The van der Waals surface area contributed by atoms with Crippen LogP contribution in [0.4, 0.5) is 11.5 Å². The largest absolute Gasteiger partial charge is 0.309 e. The molecule has 0 spiro atoms. The number of hydrogen-bond acceptors (Lipinski definition) is 5. The van der Waals surface area contributed by atoms with Crippen LogP contribution in [0.25, 0.3) is 0 Å². The van der Waals surface area contributed by atoms with Crippen LogP contribution in [-0.4, -0.2) is 49.2 Å². The maximum Gasteiger partial charge on any atom is 0.243 e. The Balaban J connectivity index is 1.50. The molecule has 1 aromatic carbocycles. The van der Waals surface area contributed by atoms with E-state index in [0.29, 0.717) is 12.2 Å². The molecule has 1 aromatic heterocycles. The lowest BCUT2D eigenvalue weighted by Gasteiger charge is -2.23. The molecule has 2 heterocycles. The van der Waals surface area contributed by atoms with Crippen LogP contribution in [-0.2, 0) is 26.0 Å². The van der Waals surface area contributed by atoms with E-state index in [4.69, 9.17) is 0 Å². The molecular formula is C22H26N4O4S. The van der Waals surface area contributed by atoms with Gasteiger partial charge in [-0.2, -0.15) is 4.31 Å². The molecule has 31 heavy (non-hydrogen) atoms. The standard InChI is InChI=1S/C22H26N4O4S/c1-14-5-4-10-23-21(14)24-20(27)13-25(3)31(29,30)18-8-9-19-17(12-18)11-15(2)26(19)22(28)16-6-7-16/h4-5,8-10,12,15-16H,6-7,11,13H2,1-3H3,(H,23,24,27). The van der Waals surface area contributed by atoms with Crippen molar-refractivity contribution in [1.82, 2.24) is 9.29 Å². The number of carbonyl (C=O) groups excluding carboxylic acids is 2. The zero-order valence-electron chi connectivity index (χ0n) is 17.8. The molecule has 0 saturated heterocycles. The molecule has 1 unspecified atom stereocenters. The molecule has 8 nitrogen and oxygen atoms in total. The topological polar surface area (TPSA) is 99.7 Å². The van der Waals surface area contributed by atoms with Gasteiger partial charge in [-0.25, -0.2) is 13.4 Å². The summed E-state index contributed by atoms with van der Waals surface area (Å²) in [6.07, 6.45) is 4.02. The van der Waals surface area contributed by atoms with Gasteiger partial charge >= 0.3 is 0 Å². The Morgan fingerprint density at radius 3 is 2.68 bits per heavy atom. The normalized spacial score (nSPS) is 18.2. The van der Waals surface area contributed by atoms with E-state index in [2.05, 4.69) is 10.3 Å². The number of fused-ring (bicyclic) bond motifs is 1. The van der Waals surface area contributed by atoms with Gasteiger partial charge in [0.2, 0.25) is 21.8 Å². The number of sulfonamides is 1. The van der Waals surface area contributed by atoms with Gasteiger partial charge in [0.25, 0.3) is 0 Å². The summed E-state index contributed by atoms with van der Waals surface area (Å²) in [4.78, 5) is 31.0. The number of amides is 2. The first-order chi connectivity index (χ1) is 14.7. The van der Waals surface area contributed by atoms with Crippen LogP contribution in [0.15, 0.2) is 41.4 Å². The summed E-state index contributed by atoms with van der Waals surface area (Å²) >= 11 is 0. The SMILES string of the molecule is Cc1cccnc1NC(=O)CN(C)S(=O)(=O)c1ccc2c(c1)CC(C)N2C(=O)C1CC1. The average Bonchev–Trinajstić information content (AvgIpc) is 3.51. The number of nitrogens with one attached hydrogen (secondary N) is 1. The molecular weight excluding hydrogens is 416 g/mol. The number of carbonyl (C=O) groups is 2. The van der Waals surface area contributed by atoms with Gasteiger partial charge in [0, 0.05) is 30.9 Å². The summed E-state index contributed by atoms with van der Waals surface area (Å²) in [5.41, 5.74) is 2.42. The van der Waals surface area contributed by atoms with Crippen molar-refractivity contribution < 1.29 is 18.0 Å². The number of rotatable bonds is 6. The number of nitrogens with zero attached hydrogens (tertiary/aromatic N) is 3. The van der Waals surface area contributed by atoms with Crippen molar-refractivity contribution in [3.05, 3.63) is 47.7 Å². The smallest absolute Gasteiger partial charge is 0.243 e. The van der Waals surface area contributed by atoms with Gasteiger partial charge in [-0.05, 0) is 68.5 Å². The van der Waals surface area contributed by atoms with Crippen molar-refractivity contribution in [2.24, 2.45) is 5.92 Å². The number of hydrogen-bond donors (Lipinski definition) is 1. The number of benzene rings is 1. The Labute approximate surface area is 182 Å². The Morgan fingerprint density at radius 2 is 2.00 bits per heavy atom. The minimum Gasteiger partial charge on any atom is -0.309 e. The third-order valence-electron chi connectivity index (χ3n) is 5.77. The van der Waals surface area contributed by atoms with Crippen LogP contribution in [0.3, 0.4) is 0 Å². The minimum absolute atomic E-state index is 0.00572. The maximum absolute atomic E-state index is 13.1. The molecule has 1 atom stereocenters. The van der Waals surface area contributed by atoms with Crippen molar-refractivity contribution >= 4 is 33.3 Å². The van der Waals surface area contributed by atoms with Crippen LogP contribution in [0.2, 0.25) is 0 Å². The quantitative estimate of drug-likeness (QED) is 0.740. The summed E-state index contributed by atoms with van der Waals surface area (Å²) in [7, 11) is -2.49. The molecule has 1 saturated carbocycles. The highest BCUT2D eigenvalue weighted by atomic mass is 32.2. The van der Waals surface area contributed by atoms with Crippen molar-refractivity contribution in [3.63, 3.8) is 0 Å². The molecule has 2 aromatic rings. The van der Waals surface area contributed by atoms with Crippen molar-refractivity contribution in [2.75, 3.05) is 23.8 Å². The fraction of sp³-hybridized carbons (Fsp3) is 0.409. The molecule has 1 fully saturated rings. The van der Waals surface area contributed by atoms with Gasteiger partial charge in [0.05, 0.1) is 11.4 Å². The van der Waals surface area contributed by atoms with E-state index >= 15 is 0 Å². The number of anilines is 2. The molecule has 2 aliphatic rings. The van der Waals surface area contributed by atoms with E-state index in [1.54, 1.807) is 29.3 Å². The van der Waals surface area contributed by atoms with E-state index in [0.717, 1.165) is 34.0 Å². The molecule has 164 valence electrons. The first kappa shape index (κ1) is 21.5. The van der Waals surface area contributed by atoms with E-state index in [9.17, 15) is 18.0 Å². The van der Waals surface area contributed by atoms with Gasteiger partial charge in [0.15, 0.2) is 0 Å². The second-order valence-corrected chi connectivity index (χ2v) is 10.3. The van der Waals surface area contributed by atoms with Gasteiger partial charge in [0.1, 0.15) is 5.82 Å². The number of aromatic nitrogens is 1. The third kappa shape index (κ3) is 4.20. The first-order valence-corrected chi connectivity index (χ1v) is 11.8. The van der Waals surface area contributed by atoms with Gasteiger partial charge < -0.3 is 10.2 Å². The van der Waals surface area contributed by atoms with E-state index in [1.807, 2.05) is 19.9 Å². The average molecular weight is 443 g/mol. The third-order valence-corrected chi connectivity index (χ3v) is 7.57. The Kier molecular flexibility index (Phi) is 5.57. The van der Waals surface area contributed by atoms with Crippen LogP contribution in [0.1, 0.15) is 30.9 Å². The number of pyridine rings is 1. The van der Waals surface area contributed by atoms with Crippen LogP contribution in [0, 0.1) is 12.8 Å². The second-order valence-electron chi connectivity index (χ2n) is 8.30. The number of aryl methyl sites for hydroxylation is 1. The van der Waals surface area contributed by atoms with Crippen molar-refractivity contribution in [2.45, 2.75) is 44.0 Å². The highest BCUT2D eigenvalue weighted by Gasteiger charge is 2.40. The second kappa shape index (κ2) is 8.05. The predicted octanol–water partition coefficient (Wildman–Crippen LogP) is 2.34. The summed E-state index contributed by atoms with van der Waals surface area (Å²) in [5, 5.41) is 2.65. The monoisotopic (exact) mass is 442 g/mol.